The van der Waals surface area contributed by atoms with E-state index in [4.69, 9.17) is 9.16 Å². The Bertz CT molecular complexity index is 676. The summed E-state index contributed by atoms with van der Waals surface area (Å²) < 4.78 is 11.5. The van der Waals surface area contributed by atoms with Crippen LogP contribution in [0.4, 0.5) is 0 Å². The van der Waals surface area contributed by atoms with Crippen LogP contribution >= 0.6 is 0 Å². The summed E-state index contributed by atoms with van der Waals surface area (Å²) in [6, 6.07) is 0. The van der Waals surface area contributed by atoms with Crippen LogP contribution in [0.25, 0.3) is 0 Å². The molecule has 190 valence electrons. The van der Waals surface area contributed by atoms with E-state index in [1.54, 1.807) is 0 Å². The number of hydrogen-bond acceptors (Lipinski definition) is 4. The van der Waals surface area contributed by atoms with Gasteiger partial charge in [0.1, 0.15) is 0 Å². The molecule has 5 heteroatoms. The number of methoxy groups -OCH3 is 1. The van der Waals surface area contributed by atoms with Gasteiger partial charge >= 0.3 is 5.97 Å². The number of allylic oxidation sites excluding steroid dienone is 2. The van der Waals surface area contributed by atoms with Crippen molar-refractivity contribution in [3.05, 3.63) is 23.8 Å². The van der Waals surface area contributed by atoms with Crippen LogP contribution in [0.15, 0.2) is 23.8 Å². The fraction of sp³-hybridized carbons (Fsp3) is 0.821. The van der Waals surface area contributed by atoms with Crippen LogP contribution < -0.4 is 0 Å². The van der Waals surface area contributed by atoms with E-state index in [-0.39, 0.29) is 29.1 Å². The second kappa shape index (κ2) is 12.7. The van der Waals surface area contributed by atoms with Gasteiger partial charge in [-0.3, -0.25) is 4.79 Å². The molecule has 2 aliphatic rings. The maximum absolute atomic E-state index is 11.3. The van der Waals surface area contributed by atoms with Crippen LogP contribution in [0.3, 0.4) is 0 Å². The second-order valence-corrected chi connectivity index (χ2v) is 16.6. The zero-order valence-electron chi connectivity index (χ0n) is 22.4. The van der Waals surface area contributed by atoms with E-state index in [0.717, 1.165) is 38.5 Å². The van der Waals surface area contributed by atoms with Gasteiger partial charge in [0.05, 0.1) is 19.3 Å². The molecule has 2 aliphatic carbocycles. The summed E-state index contributed by atoms with van der Waals surface area (Å²) in [6.07, 6.45) is 17.1. The Morgan fingerprint density at radius 1 is 1.24 bits per heavy atom. The second-order valence-electron chi connectivity index (χ2n) is 11.8. The normalized spacial score (nSPS) is 26.5. The van der Waals surface area contributed by atoms with Gasteiger partial charge in [-0.25, -0.2) is 0 Å². The molecule has 0 spiro atoms. The minimum atomic E-state index is -1.85. The molecule has 0 saturated heterocycles. The predicted molar refractivity (Wildman–Crippen MR) is 140 cm³/mol. The van der Waals surface area contributed by atoms with Crippen LogP contribution in [-0.2, 0) is 14.0 Å². The molecule has 1 fully saturated rings. The van der Waals surface area contributed by atoms with Crippen LogP contribution in [0, 0.1) is 17.8 Å². The first-order chi connectivity index (χ1) is 15.5. The van der Waals surface area contributed by atoms with Crippen molar-refractivity contribution in [1.82, 2.24) is 0 Å². The molecule has 0 unspecified atom stereocenters. The van der Waals surface area contributed by atoms with Gasteiger partial charge in [0.25, 0.3) is 0 Å². The van der Waals surface area contributed by atoms with E-state index >= 15 is 0 Å². The number of unbranched alkanes of at least 4 members (excludes halogenated alkanes) is 3. The molecular formula is C28H50O4Si. The molecule has 0 aromatic carbocycles. The lowest BCUT2D eigenvalue weighted by Crippen LogP contribution is -2.43. The Morgan fingerprint density at radius 2 is 1.97 bits per heavy atom. The van der Waals surface area contributed by atoms with Crippen molar-refractivity contribution in [2.75, 3.05) is 7.11 Å². The van der Waals surface area contributed by atoms with Crippen LogP contribution in [-0.4, -0.2) is 38.7 Å². The third-order valence-electron chi connectivity index (χ3n) is 8.20. The summed E-state index contributed by atoms with van der Waals surface area (Å²) in [7, 11) is -0.394. The molecule has 1 saturated carbocycles. The predicted octanol–water partition coefficient (Wildman–Crippen LogP) is 7.19. The molecule has 0 aromatic rings. The SMILES string of the molecule is CCCCC[C@@H](/C=C/[C@@H]1[C@H]2CC(CCCCC(=O)OC)=C[C@H]2C[C@H]1O)O[Si](C)(C)C(C)(C)C. The summed E-state index contributed by atoms with van der Waals surface area (Å²) in [6.45, 7) is 13.8. The Hall–Kier alpha value is -0.913. The number of aliphatic hydroxyl groups excluding tert-OH is 1. The Labute approximate surface area is 204 Å². The molecular weight excluding hydrogens is 428 g/mol. The lowest BCUT2D eigenvalue weighted by Gasteiger charge is -2.39. The number of fused-ring (bicyclic) bond motifs is 1. The summed E-state index contributed by atoms with van der Waals surface area (Å²) >= 11 is 0. The summed E-state index contributed by atoms with van der Waals surface area (Å²) in [5.41, 5.74) is 1.51. The molecule has 33 heavy (non-hydrogen) atoms. The summed E-state index contributed by atoms with van der Waals surface area (Å²) in [5.74, 6) is 1.10. The van der Waals surface area contributed by atoms with Gasteiger partial charge in [0.2, 0.25) is 0 Å². The number of hydrogen-bond donors (Lipinski definition) is 1. The van der Waals surface area contributed by atoms with Gasteiger partial charge in [-0.15, -0.1) is 0 Å². The number of rotatable bonds is 13. The van der Waals surface area contributed by atoms with Crippen molar-refractivity contribution in [3.63, 3.8) is 0 Å². The van der Waals surface area contributed by atoms with E-state index in [1.807, 2.05) is 0 Å². The number of carbonyl (C=O) groups excluding carboxylic acids is 1. The molecule has 4 nitrogen and oxygen atoms in total. The van der Waals surface area contributed by atoms with Crippen LogP contribution in [0.5, 0.6) is 0 Å². The third kappa shape index (κ3) is 8.36. The largest absolute Gasteiger partial charge is 0.469 e. The lowest BCUT2D eigenvalue weighted by atomic mass is 9.88. The van der Waals surface area contributed by atoms with E-state index in [1.165, 1.54) is 31.9 Å². The molecule has 2 rings (SSSR count). The topological polar surface area (TPSA) is 55.8 Å². The lowest BCUT2D eigenvalue weighted by molar-refractivity contribution is -0.140. The summed E-state index contributed by atoms with van der Waals surface area (Å²) in [5, 5.41) is 11.0. The molecule has 0 amide bonds. The molecule has 0 aliphatic heterocycles. The van der Waals surface area contributed by atoms with Crippen molar-refractivity contribution in [3.8, 4) is 0 Å². The minimum Gasteiger partial charge on any atom is -0.469 e. The van der Waals surface area contributed by atoms with Crippen LogP contribution in [0.1, 0.15) is 91.9 Å². The highest BCUT2D eigenvalue weighted by atomic mass is 28.4. The van der Waals surface area contributed by atoms with Gasteiger partial charge in [-0.2, -0.15) is 0 Å². The Balaban J connectivity index is 1.97. The first-order valence-electron chi connectivity index (χ1n) is 13.3. The van der Waals surface area contributed by atoms with E-state index in [9.17, 15) is 9.90 Å². The van der Waals surface area contributed by atoms with Crippen molar-refractivity contribution < 1.29 is 19.1 Å². The first-order valence-corrected chi connectivity index (χ1v) is 16.2. The van der Waals surface area contributed by atoms with Crippen molar-refractivity contribution in [2.45, 2.75) is 122 Å². The molecule has 0 radical (unpaired) electrons. The first kappa shape index (κ1) is 28.3. The average molecular weight is 479 g/mol. The average Bonchev–Trinajstić information content (AvgIpc) is 3.24. The van der Waals surface area contributed by atoms with Crippen molar-refractivity contribution in [1.29, 1.82) is 0 Å². The van der Waals surface area contributed by atoms with E-state index < -0.39 is 8.32 Å². The smallest absolute Gasteiger partial charge is 0.305 e. The van der Waals surface area contributed by atoms with Gasteiger partial charge in [-0.05, 0) is 68.5 Å². The van der Waals surface area contributed by atoms with Gasteiger partial charge in [-0.1, -0.05) is 70.8 Å². The van der Waals surface area contributed by atoms with Crippen LogP contribution in [0.2, 0.25) is 18.1 Å². The van der Waals surface area contributed by atoms with Crippen molar-refractivity contribution >= 4 is 14.3 Å². The molecule has 5 atom stereocenters. The highest BCUT2D eigenvalue weighted by Crippen LogP contribution is 2.48. The fourth-order valence-electron chi connectivity index (χ4n) is 5.11. The van der Waals surface area contributed by atoms with Gasteiger partial charge < -0.3 is 14.3 Å². The monoisotopic (exact) mass is 478 g/mol. The van der Waals surface area contributed by atoms with E-state index in [2.05, 4.69) is 59.0 Å². The molecule has 0 aromatic heterocycles. The van der Waals surface area contributed by atoms with E-state index in [0.29, 0.717) is 18.3 Å². The van der Waals surface area contributed by atoms with Crippen molar-refractivity contribution in [2.24, 2.45) is 17.8 Å². The van der Waals surface area contributed by atoms with Gasteiger partial charge in [0.15, 0.2) is 8.32 Å². The highest BCUT2D eigenvalue weighted by molar-refractivity contribution is 6.74. The Kier molecular flexibility index (Phi) is 10.9. The molecule has 1 N–H and O–H groups in total. The minimum absolute atomic E-state index is 0.117. The maximum Gasteiger partial charge on any atom is 0.305 e. The maximum atomic E-state index is 11.3. The Morgan fingerprint density at radius 3 is 2.61 bits per heavy atom. The van der Waals surface area contributed by atoms with Gasteiger partial charge in [0, 0.05) is 12.3 Å². The summed E-state index contributed by atoms with van der Waals surface area (Å²) in [4.78, 5) is 11.3. The third-order valence-corrected chi connectivity index (χ3v) is 12.7. The molecule has 0 heterocycles. The number of aliphatic hydroxyl groups is 1. The highest BCUT2D eigenvalue weighted by Gasteiger charge is 2.43. The fourth-order valence-corrected chi connectivity index (χ4v) is 6.42. The zero-order valence-corrected chi connectivity index (χ0v) is 23.4. The number of carbonyl (C=O) groups is 1. The quantitative estimate of drug-likeness (QED) is 0.132. The standard InChI is InChI=1S/C28H50O4Si/c1-8-9-10-14-23(32-33(6,7)28(2,3)4)16-17-24-25-19-21(18-22(25)20-26(24)29)13-11-12-15-27(30)31-5/h16-18,22-26,29H,8-15,19-20H2,1-7H3/b17-16+/t22-,23-,24+,25-,26+/m0/s1. The number of ether oxygens (including phenoxy) is 1. The number of esters is 1. The zero-order chi connectivity index (χ0) is 24.6. The molecule has 0 bridgehead atoms.